The fraction of sp³-hybridized carbons (Fsp3) is 0.136. The zero-order chi connectivity index (χ0) is 19.0. The molecule has 136 valence electrons. The maximum Gasteiger partial charge on any atom is 0.158 e. The van der Waals surface area contributed by atoms with Crippen molar-refractivity contribution < 1.29 is 13.9 Å². The molecule has 0 saturated carbocycles. The summed E-state index contributed by atoms with van der Waals surface area (Å²) in [7, 11) is 0. The van der Waals surface area contributed by atoms with E-state index in [1.54, 1.807) is 29.1 Å². The number of hydrogen-bond donors (Lipinski definition) is 1. The Balaban J connectivity index is 1.73. The molecule has 0 saturated heterocycles. The number of aromatic nitrogens is 2. The molecule has 0 fully saturated rings. The Morgan fingerprint density at radius 1 is 1.00 bits per heavy atom. The van der Waals surface area contributed by atoms with Gasteiger partial charge < -0.3 is 5.11 Å². The number of alkyl halides is 1. The summed E-state index contributed by atoms with van der Waals surface area (Å²) in [6, 6.07) is 20.1. The Morgan fingerprint density at radius 3 is 2.52 bits per heavy atom. The Morgan fingerprint density at radius 2 is 1.78 bits per heavy atom. The zero-order valence-corrected chi connectivity index (χ0v) is 14.7. The second-order valence-corrected chi connectivity index (χ2v) is 6.73. The number of nitrogens with zero attached hydrogens (tertiary/aromatic N) is 2. The van der Waals surface area contributed by atoms with Crippen LogP contribution in [-0.4, -0.2) is 14.9 Å². The Labute approximate surface area is 155 Å². The molecule has 0 radical (unpaired) electrons. The van der Waals surface area contributed by atoms with E-state index in [1.807, 2.05) is 30.3 Å². The molecule has 3 nitrogen and oxygen atoms in total. The lowest BCUT2D eigenvalue weighted by atomic mass is 9.86. The largest absolute Gasteiger partial charge is 0.382 e. The molecule has 4 aromatic rings. The summed E-state index contributed by atoms with van der Waals surface area (Å²) < 4.78 is 30.2. The molecule has 0 aliphatic carbocycles. The van der Waals surface area contributed by atoms with Gasteiger partial charge in [0.25, 0.3) is 0 Å². The van der Waals surface area contributed by atoms with Crippen LogP contribution in [0.4, 0.5) is 8.78 Å². The average Bonchev–Trinajstić information content (AvgIpc) is 3.11. The van der Waals surface area contributed by atoms with Gasteiger partial charge in [-0.1, -0.05) is 36.4 Å². The van der Waals surface area contributed by atoms with Crippen LogP contribution < -0.4 is 0 Å². The minimum absolute atomic E-state index is 0.0973. The Hall–Kier alpha value is -3.05. The molecule has 2 atom stereocenters. The van der Waals surface area contributed by atoms with Crippen LogP contribution in [0.3, 0.4) is 0 Å². The number of fused-ring (bicyclic) bond motifs is 1. The first-order valence-electron chi connectivity index (χ1n) is 8.62. The lowest BCUT2D eigenvalue weighted by Gasteiger charge is -2.28. The van der Waals surface area contributed by atoms with Crippen LogP contribution in [-0.2, 0) is 5.60 Å². The summed E-state index contributed by atoms with van der Waals surface area (Å²) in [6.45, 7) is 1.39. The van der Waals surface area contributed by atoms with Gasteiger partial charge in [0, 0.05) is 5.39 Å². The van der Waals surface area contributed by atoms with E-state index in [-0.39, 0.29) is 5.56 Å². The van der Waals surface area contributed by atoms with Crippen molar-refractivity contribution in [1.82, 2.24) is 9.78 Å². The molecule has 0 aliphatic rings. The number of hydrogen-bond acceptors (Lipinski definition) is 2. The summed E-state index contributed by atoms with van der Waals surface area (Å²) in [5.41, 5.74) is 0.452. The second kappa shape index (κ2) is 6.59. The normalized spacial score (nSPS) is 14.8. The van der Waals surface area contributed by atoms with Gasteiger partial charge in [0.15, 0.2) is 6.17 Å². The fourth-order valence-corrected chi connectivity index (χ4v) is 3.26. The summed E-state index contributed by atoms with van der Waals surface area (Å²) in [4.78, 5) is 0. The monoisotopic (exact) mass is 364 g/mol. The third kappa shape index (κ3) is 3.11. The molecule has 0 spiro atoms. The zero-order valence-electron chi connectivity index (χ0n) is 14.7. The fourth-order valence-electron chi connectivity index (χ4n) is 3.26. The van der Waals surface area contributed by atoms with E-state index < -0.39 is 17.6 Å². The second-order valence-electron chi connectivity index (χ2n) is 6.73. The molecular formula is C22H18F2N2O. The van der Waals surface area contributed by atoms with E-state index in [1.165, 1.54) is 25.1 Å². The first-order valence-corrected chi connectivity index (χ1v) is 8.62. The first-order chi connectivity index (χ1) is 13.0. The predicted octanol–water partition coefficient (Wildman–Crippen LogP) is 5.08. The molecule has 0 bridgehead atoms. The molecule has 5 heteroatoms. The van der Waals surface area contributed by atoms with Crippen LogP contribution in [0.15, 0.2) is 79.0 Å². The molecule has 0 aliphatic heterocycles. The third-order valence-corrected chi connectivity index (χ3v) is 4.79. The Bertz CT molecular complexity index is 1090. The smallest absolute Gasteiger partial charge is 0.158 e. The molecule has 4 rings (SSSR count). The average molecular weight is 364 g/mol. The van der Waals surface area contributed by atoms with E-state index in [0.29, 0.717) is 5.56 Å². The van der Waals surface area contributed by atoms with Crippen molar-refractivity contribution in [3.8, 4) is 5.69 Å². The lowest BCUT2D eigenvalue weighted by molar-refractivity contribution is -0.0260. The van der Waals surface area contributed by atoms with Gasteiger partial charge in [-0.3, -0.25) is 0 Å². The summed E-state index contributed by atoms with van der Waals surface area (Å²) in [6.07, 6.45) is -0.0908. The van der Waals surface area contributed by atoms with Crippen LogP contribution in [0.5, 0.6) is 0 Å². The summed E-state index contributed by atoms with van der Waals surface area (Å²) >= 11 is 0. The highest BCUT2D eigenvalue weighted by atomic mass is 19.1. The summed E-state index contributed by atoms with van der Waals surface area (Å²) in [5, 5.41) is 16.0. The van der Waals surface area contributed by atoms with Crippen LogP contribution in [0.25, 0.3) is 16.6 Å². The number of rotatable bonds is 4. The molecule has 2 unspecified atom stereocenters. The third-order valence-electron chi connectivity index (χ3n) is 4.79. The molecule has 1 aromatic heterocycles. The van der Waals surface area contributed by atoms with Crippen molar-refractivity contribution in [2.24, 2.45) is 0 Å². The van der Waals surface area contributed by atoms with Gasteiger partial charge in [0.05, 0.1) is 17.4 Å². The number of aliphatic hydroxyl groups is 1. The number of para-hydroxylation sites is 1. The van der Waals surface area contributed by atoms with E-state index in [0.717, 1.165) is 22.7 Å². The minimum atomic E-state index is -1.81. The van der Waals surface area contributed by atoms with Gasteiger partial charge in [-0.2, -0.15) is 5.10 Å². The topological polar surface area (TPSA) is 38.1 Å². The first kappa shape index (κ1) is 17.4. The van der Waals surface area contributed by atoms with Crippen molar-refractivity contribution in [1.29, 1.82) is 0 Å². The van der Waals surface area contributed by atoms with Gasteiger partial charge in [-0.25, -0.2) is 13.5 Å². The van der Waals surface area contributed by atoms with Crippen molar-refractivity contribution >= 4 is 10.9 Å². The molecule has 27 heavy (non-hydrogen) atoms. The highest BCUT2D eigenvalue weighted by Crippen LogP contribution is 2.39. The Kier molecular flexibility index (Phi) is 4.24. The van der Waals surface area contributed by atoms with E-state index in [9.17, 15) is 9.50 Å². The quantitative estimate of drug-likeness (QED) is 0.548. The van der Waals surface area contributed by atoms with Crippen molar-refractivity contribution in [3.63, 3.8) is 0 Å². The maximum absolute atomic E-state index is 15.0. The summed E-state index contributed by atoms with van der Waals surface area (Å²) in [5.74, 6) is -0.537. The van der Waals surface area contributed by atoms with Gasteiger partial charge in [0.2, 0.25) is 0 Å². The van der Waals surface area contributed by atoms with Crippen LogP contribution >= 0.6 is 0 Å². The van der Waals surface area contributed by atoms with Gasteiger partial charge in [-0.05, 0) is 54.4 Å². The molecular weight excluding hydrogens is 346 g/mol. The van der Waals surface area contributed by atoms with E-state index >= 15 is 4.39 Å². The highest BCUT2D eigenvalue weighted by molar-refractivity contribution is 5.81. The molecule has 1 heterocycles. The van der Waals surface area contributed by atoms with E-state index in [4.69, 9.17) is 0 Å². The van der Waals surface area contributed by atoms with Crippen molar-refractivity contribution in [2.75, 3.05) is 0 Å². The highest BCUT2D eigenvalue weighted by Gasteiger charge is 2.35. The predicted molar refractivity (Wildman–Crippen MR) is 101 cm³/mol. The lowest BCUT2D eigenvalue weighted by Crippen LogP contribution is -2.27. The number of halogens is 2. The standard InChI is InChI=1S/C22H18F2N2O/c1-22(27,21(24)15-6-5-7-18(23)13-15)17-10-11-20-16(12-17)14-25-26(20)19-8-3-2-4-9-19/h2-14,21,27H,1H3. The van der Waals surface area contributed by atoms with Crippen molar-refractivity contribution in [3.05, 3.63) is 95.9 Å². The minimum Gasteiger partial charge on any atom is -0.382 e. The van der Waals surface area contributed by atoms with Crippen LogP contribution in [0.1, 0.15) is 24.2 Å². The number of benzene rings is 3. The SMILES string of the molecule is CC(O)(c1ccc2c(cnn2-c2ccccc2)c1)C(F)c1cccc(F)c1. The van der Waals surface area contributed by atoms with Crippen molar-refractivity contribution in [2.45, 2.75) is 18.7 Å². The molecule has 0 amide bonds. The van der Waals surface area contributed by atoms with Crippen LogP contribution in [0.2, 0.25) is 0 Å². The van der Waals surface area contributed by atoms with Crippen LogP contribution in [0, 0.1) is 5.82 Å². The van der Waals surface area contributed by atoms with Gasteiger partial charge in [0.1, 0.15) is 11.4 Å². The molecule has 1 N–H and O–H groups in total. The molecule has 3 aromatic carbocycles. The van der Waals surface area contributed by atoms with E-state index in [2.05, 4.69) is 5.10 Å². The maximum atomic E-state index is 15.0. The van der Waals surface area contributed by atoms with Gasteiger partial charge >= 0.3 is 0 Å². The van der Waals surface area contributed by atoms with Gasteiger partial charge in [-0.15, -0.1) is 0 Å².